The molecule has 102 valence electrons. The predicted octanol–water partition coefficient (Wildman–Crippen LogP) is 2.66. The fraction of sp³-hybridized carbons (Fsp3) is 0.400. The monoisotopic (exact) mass is 262 g/mol. The number of Topliss-reactive ketones (excluding diaryl/α,β-unsaturated/α-hetero) is 1. The number of rotatable bonds is 6. The molecule has 0 heterocycles. The van der Waals surface area contributed by atoms with Crippen molar-refractivity contribution in [3.8, 4) is 23.8 Å². The van der Waals surface area contributed by atoms with Crippen LogP contribution in [0.15, 0.2) is 18.2 Å². The summed E-state index contributed by atoms with van der Waals surface area (Å²) in [5.41, 5.74) is -0.336. The Hall–Kier alpha value is -1.99. The van der Waals surface area contributed by atoms with E-state index in [0.717, 1.165) is 0 Å². The molecule has 0 saturated carbocycles. The Morgan fingerprint density at radius 1 is 1.42 bits per heavy atom. The van der Waals surface area contributed by atoms with Gasteiger partial charge in [-0.05, 0) is 32.9 Å². The van der Waals surface area contributed by atoms with Crippen LogP contribution in [-0.4, -0.2) is 25.3 Å². The molecule has 0 atom stereocenters. The van der Waals surface area contributed by atoms with Crippen LogP contribution in [0.3, 0.4) is 0 Å². The molecule has 0 aliphatic heterocycles. The molecule has 0 bridgehead atoms. The molecule has 0 radical (unpaired) electrons. The fourth-order valence-electron chi connectivity index (χ4n) is 1.40. The van der Waals surface area contributed by atoms with Gasteiger partial charge in [0.1, 0.15) is 11.5 Å². The van der Waals surface area contributed by atoms with Crippen molar-refractivity contribution in [2.24, 2.45) is 0 Å². The van der Waals surface area contributed by atoms with Crippen LogP contribution in [0.2, 0.25) is 0 Å². The topological polar surface area (TPSA) is 44.8 Å². The molecule has 0 N–H and O–H groups in total. The van der Waals surface area contributed by atoms with E-state index in [1.54, 1.807) is 32.0 Å². The summed E-state index contributed by atoms with van der Waals surface area (Å²) in [6.45, 7) is 5.09. The summed E-state index contributed by atoms with van der Waals surface area (Å²) in [5.74, 6) is 3.38. The summed E-state index contributed by atoms with van der Waals surface area (Å²) in [6, 6.07) is 4.97. The molecule has 0 unspecified atom stereocenters. The minimum Gasteiger partial charge on any atom is -0.474 e. The van der Waals surface area contributed by atoms with Crippen molar-refractivity contribution in [2.75, 3.05) is 13.9 Å². The van der Waals surface area contributed by atoms with Crippen LogP contribution in [0.5, 0.6) is 11.5 Å². The summed E-state index contributed by atoms with van der Waals surface area (Å²) >= 11 is 0. The first-order valence-corrected chi connectivity index (χ1v) is 5.83. The average molecular weight is 262 g/mol. The van der Waals surface area contributed by atoms with E-state index in [1.807, 2.05) is 0 Å². The molecule has 4 nitrogen and oxygen atoms in total. The van der Waals surface area contributed by atoms with E-state index in [1.165, 1.54) is 14.0 Å². The molecular formula is C15H18O4. The number of carbonyl (C=O) groups is 1. The maximum atomic E-state index is 11.6. The molecule has 4 heteroatoms. The lowest BCUT2D eigenvalue weighted by molar-refractivity contribution is 0.0507. The molecule has 19 heavy (non-hydrogen) atoms. The Kier molecular flexibility index (Phi) is 4.96. The van der Waals surface area contributed by atoms with Gasteiger partial charge in [-0.1, -0.05) is 5.92 Å². The van der Waals surface area contributed by atoms with Crippen LogP contribution in [0, 0.1) is 12.3 Å². The van der Waals surface area contributed by atoms with Gasteiger partial charge in [0.15, 0.2) is 18.2 Å². The summed E-state index contributed by atoms with van der Waals surface area (Å²) < 4.78 is 15.8. The molecular weight excluding hydrogens is 244 g/mol. The second kappa shape index (κ2) is 6.26. The maximum absolute atomic E-state index is 11.6. The van der Waals surface area contributed by atoms with Gasteiger partial charge in [0.05, 0.1) is 5.56 Å². The average Bonchev–Trinajstić information content (AvgIpc) is 2.35. The lowest BCUT2D eigenvalue weighted by Crippen LogP contribution is -2.26. The highest BCUT2D eigenvalue weighted by atomic mass is 16.7. The van der Waals surface area contributed by atoms with Crippen molar-refractivity contribution in [1.82, 2.24) is 0 Å². The minimum absolute atomic E-state index is 0.0962. The normalized spacial score (nSPS) is 10.7. The zero-order valence-electron chi connectivity index (χ0n) is 11.6. The van der Waals surface area contributed by atoms with Gasteiger partial charge in [0.2, 0.25) is 0 Å². The largest absolute Gasteiger partial charge is 0.474 e. The van der Waals surface area contributed by atoms with Crippen LogP contribution in [0.1, 0.15) is 31.1 Å². The molecule has 0 fully saturated rings. The van der Waals surface area contributed by atoms with E-state index in [-0.39, 0.29) is 12.6 Å². The molecule has 0 saturated heterocycles. The molecule has 1 aromatic carbocycles. The Bertz CT molecular complexity index is 497. The first kappa shape index (κ1) is 15.1. The van der Waals surface area contributed by atoms with Crippen LogP contribution in [-0.2, 0) is 4.74 Å². The van der Waals surface area contributed by atoms with Crippen molar-refractivity contribution < 1.29 is 19.0 Å². The van der Waals surface area contributed by atoms with Crippen LogP contribution in [0.4, 0.5) is 0 Å². The SMILES string of the molecule is C#CC(C)(C)Oc1cc(OCOC)ccc1C(C)=O. The number of hydrogen-bond acceptors (Lipinski definition) is 4. The number of terminal acetylenes is 1. The van der Waals surface area contributed by atoms with E-state index >= 15 is 0 Å². The molecule has 0 aromatic heterocycles. The molecule has 0 amide bonds. The second-order valence-corrected chi connectivity index (χ2v) is 4.52. The smallest absolute Gasteiger partial charge is 0.188 e. The molecule has 0 spiro atoms. The van der Waals surface area contributed by atoms with Crippen molar-refractivity contribution in [3.05, 3.63) is 23.8 Å². The Balaban J connectivity index is 3.09. The molecule has 1 aromatic rings. The Labute approximate surface area is 113 Å². The van der Waals surface area contributed by atoms with Gasteiger partial charge in [-0.2, -0.15) is 0 Å². The van der Waals surface area contributed by atoms with Gasteiger partial charge in [-0.25, -0.2) is 0 Å². The molecule has 1 rings (SSSR count). The van der Waals surface area contributed by atoms with Crippen LogP contribution in [0.25, 0.3) is 0 Å². The van der Waals surface area contributed by atoms with Crippen molar-refractivity contribution in [1.29, 1.82) is 0 Å². The quantitative estimate of drug-likeness (QED) is 0.449. The van der Waals surface area contributed by atoms with E-state index in [4.69, 9.17) is 20.6 Å². The minimum atomic E-state index is -0.802. The second-order valence-electron chi connectivity index (χ2n) is 4.52. The van der Waals surface area contributed by atoms with E-state index in [0.29, 0.717) is 17.1 Å². The van der Waals surface area contributed by atoms with Crippen molar-refractivity contribution in [3.63, 3.8) is 0 Å². The summed E-state index contributed by atoms with van der Waals surface area (Å²) in [6.07, 6.45) is 5.39. The highest BCUT2D eigenvalue weighted by Gasteiger charge is 2.20. The third-order valence-corrected chi connectivity index (χ3v) is 2.39. The van der Waals surface area contributed by atoms with Gasteiger partial charge in [-0.3, -0.25) is 4.79 Å². The third-order valence-electron chi connectivity index (χ3n) is 2.39. The standard InChI is InChI=1S/C15H18O4/c1-6-15(3,4)19-14-9-12(18-10-17-5)7-8-13(14)11(2)16/h1,7-9H,10H2,2-5H3. The first-order chi connectivity index (χ1) is 8.89. The van der Waals surface area contributed by atoms with Gasteiger partial charge < -0.3 is 14.2 Å². The number of methoxy groups -OCH3 is 1. The number of carbonyl (C=O) groups excluding carboxylic acids is 1. The van der Waals surface area contributed by atoms with E-state index < -0.39 is 5.60 Å². The lowest BCUT2D eigenvalue weighted by atomic mass is 10.1. The fourth-order valence-corrected chi connectivity index (χ4v) is 1.40. The Morgan fingerprint density at radius 3 is 2.63 bits per heavy atom. The highest BCUT2D eigenvalue weighted by Crippen LogP contribution is 2.28. The Morgan fingerprint density at radius 2 is 2.11 bits per heavy atom. The molecule has 0 aliphatic rings. The highest BCUT2D eigenvalue weighted by molar-refractivity contribution is 5.97. The van der Waals surface area contributed by atoms with E-state index in [2.05, 4.69) is 5.92 Å². The number of hydrogen-bond donors (Lipinski definition) is 0. The van der Waals surface area contributed by atoms with Gasteiger partial charge in [0.25, 0.3) is 0 Å². The number of ketones is 1. The van der Waals surface area contributed by atoms with Crippen LogP contribution < -0.4 is 9.47 Å². The number of benzene rings is 1. The zero-order chi connectivity index (χ0) is 14.5. The summed E-state index contributed by atoms with van der Waals surface area (Å²) in [7, 11) is 1.53. The summed E-state index contributed by atoms with van der Waals surface area (Å²) in [5, 5.41) is 0. The van der Waals surface area contributed by atoms with Crippen LogP contribution >= 0.6 is 0 Å². The van der Waals surface area contributed by atoms with E-state index in [9.17, 15) is 4.79 Å². The molecule has 0 aliphatic carbocycles. The van der Waals surface area contributed by atoms with Crippen molar-refractivity contribution >= 4 is 5.78 Å². The van der Waals surface area contributed by atoms with Crippen molar-refractivity contribution in [2.45, 2.75) is 26.4 Å². The van der Waals surface area contributed by atoms with Gasteiger partial charge >= 0.3 is 0 Å². The van der Waals surface area contributed by atoms with Gasteiger partial charge in [0, 0.05) is 13.2 Å². The first-order valence-electron chi connectivity index (χ1n) is 5.83. The van der Waals surface area contributed by atoms with Gasteiger partial charge in [-0.15, -0.1) is 6.42 Å². The summed E-state index contributed by atoms with van der Waals surface area (Å²) in [4.78, 5) is 11.6. The third kappa shape index (κ3) is 4.31. The maximum Gasteiger partial charge on any atom is 0.188 e. The lowest BCUT2D eigenvalue weighted by Gasteiger charge is -2.22. The zero-order valence-corrected chi connectivity index (χ0v) is 11.6. The number of ether oxygens (including phenoxy) is 3. The predicted molar refractivity (Wildman–Crippen MR) is 72.5 cm³/mol.